The first kappa shape index (κ1) is 12.9. The molecule has 0 aliphatic heterocycles. The van der Waals surface area contributed by atoms with Crippen LogP contribution in [0.3, 0.4) is 0 Å². The van der Waals surface area contributed by atoms with Gasteiger partial charge in [-0.25, -0.2) is 14.3 Å². The van der Waals surface area contributed by atoms with Crippen LogP contribution in [0.4, 0.5) is 4.39 Å². The van der Waals surface area contributed by atoms with Crippen LogP contribution in [0.25, 0.3) is 0 Å². The van der Waals surface area contributed by atoms with Gasteiger partial charge in [0.25, 0.3) is 0 Å². The van der Waals surface area contributed by atoms with Crippen LogP contribution in [0, 0.1) is 17.1 Å². The molecule has 0 amide bonds. The zero-order valence-electron chi connectivity index (χ0n) is 10.5. The normalized spacial score (nSPS) is 14.2. The van der Waals surface area contributed by atoms with Gasteiger partial charge >= 0.3 is 5.69 Å². The smallest absolute Gasteiger partial charge is 0.267 e. The van der Waals surface area contributed by atoms with Crippen LogP contribution in [0.5, 0.6) is 0 Å². The second-order valence-corrected chi connectivity index (χ2v) is 5.53. The number of hydrogen-bond donors (Lipinski definition) is 1. The molecule has 0 radical (unpaired) electrons. The van der Waals surface area contributed by atoms with E-state index in [1.807, 2.05) is 6.07 Å². The fraction of sp³-hybridized carbons (Fsp3) is 0.308. The SMILES string of the molecule is N#Cc1cccc(CSc2n[nH]c(=O)n2C2CC2)c1F. The summed E-state index contributed by atoms with van der Waals surface area (Å²) in [5, 5.41) is 15.8. The summed E-state index contributed by atoms with van der Waals surface area (Å²) < 4.78 is 15.5. The monoisotopic (exact) mass is 290 g/mol. The number of hydrogen-bond acceptors (Lipinski definition) is 4. The van der Waals surface area contributed by atoms with E-state index >= 15 is 0 Å². The Morgan fingerprint density at radius 1 is 1.55 bits per heavy atom. The van der Waals surface area contributed by atoms with E-state index in [0.717, 1.165) is 12.8 Å². The molecular weight excluding hydrogens is 279 g/mol. The molecule has 1 saturated carbocycles. The lowest BCUT2D eigenvalue weighted by atomic mass is 10.1. The van der Waals surface area contributed by atoms with Gasteiger partial charge in [-0.3, -0.25) is 4.57 Å². The van der Waals surface area contributed by atoms with Crippen molar-refractivity contribution in [1.29, 1.82) is 5.26 Å². The molecular formula is C13H11FN4OS. The van der Waals surface area contributed by atoms with Crippen molar-refractivity contribution in [2.75, 3.05) is 0 Å². The van der Waals surface area contributed by atoms with Crippen molar-refractivity contribution < 1.29 is 4.39 Å². The van der Waals surface area contributed by atoms with Crippen LogP contribution in [0.1, 0.15) is 30.0 Å². The summed E-state index contributed by atoms with van der Waals surface area (Å²) in [5.41, 5.74) is 0.248. The maximum Gasteiger partial charge on any atom is 0.344 e. The second kappa shape index (κ2) is 5.13. The van der Waals surface area contributed by atoms with Gasteiger partial charge in [0.2, 0.25) is 0 Å². The average Bonchev–Trinajstić information content (AvgIpc) is 3.22. The lowest BCUT2D eigenvalue weighted by Gasteiger charge is -2.05. The van der Waals surface area contributed by atoms with Crippen molar-refractivity contribution in [3.05, 3.63) is 45.6 Å². The standard InChI is InChI=1S/C13H11FN4OS/c14-11-8(6-15)2-1-3-9(11)7-20-13-17-16-12(19)18(13)10-4-5-10/h1-3,10H,4-5,7H2,(H,16,19). The van der Waals surface area contributed by atoms with Gasteiger partial charge in [0.1, 0.15) is 11.9 Å². The van der Waals surface area contributed by atoms with E-state index in [0.29, 0.717) is 16.5 Å². The number of nitrogens with zero attached hydrogens (tertiary/aromatic N) is 3. The molecule has 0 bridgehead atoms. The first-order valence-electron chi connectivity index (χ1n) is 6.18. The molecule has 0 unspecified atom stereocenters. The zero-order chi connectivity index (χ0) is 14.1. The Kier molecular flexibility index (Phi) is 3.32. The number of aromatic amines is 1. The van der Waals surface area contributed by atoms with Crippen molar-refractivity contribution >= 4 is 11.8 Å². The predicted molar refractivity (Wildman–Crippen MR) is 71.8 cm³/mol. The third-order valence-corrected chi connectivity index (χ3v) is 4.14. The molecule has 1 aliphatic carbocycles. The fourth-order valence-corrected chi connectivity index (χ4v) is 2.96. The molecule has 1 aliphatic rings. The van der Waals surface area contributed by atoms with Gasteiger partial charge in [0, 0.05) is 11.8 Å². The zero-order valence-corrected chi connectivity index (χ0v) is 11.3. The Bertz CT molecular complexity index is 742. The van der Waals surface area contributed by atoms with Crippen molar-refractivity contribution in [2.45, 2.75) is 29.8 Å². The summed E-state index contributed by atoms with van der Waals surface area (Å²) in [5.74, 6) is -0.170. The van der Waals surface area contributed by atoms with E-state index in [1.165, 1.54) is 17.8 Å². The quantitative estimate of drug-likeness (QED) is 0.876. The molecule has 0 saturated heterocycles. The van der Waals surface area contributed by atoms with Crippen LogP contribution >= 0.6 is 11.8 Å². The van der Waals surface area contributed by atoms with Crippen molar-refractivity contribution in [1.82, 2.24) is 14.8 Å². The topological polar surface area (TPSA) is 74.5 Å². The summed E-state index contributed by atoms with van der Waals surface area (Å²) >= 11 is 1.29. The number of nitriles is 1. The molecule has 1 heterocycles. The summed E-state index contributed by atoms with van der Waals surface area (Å²) in [6, 6.07) is 6.76. The van der Waals surface area contributed by atoms with Crippen LogP contribution in [0.2, 0.25) is 0 Å². The van der Waals surface area contributed by atoms with Gasteiger partial charge in [-0.2, -0.15) is 5.26 Å². The second-order valence-electron chi connectivity index (χ2n) is 4.59. The van der Waals surface area contributed by atoms with E-state index in [9.17, 15) is 9.18 Å². The van der Waals surface area contributed by atoms with E-state index < -0.39 is 5.82 Å². The lowest BCUT2D eigenvalue weighted by Crippen LogP contribution is -2.16. The number of halogens is 1. The van der Waals surface area contributed by atoms with Crippen molar-refractivity contribution in [3.63, 3.8) is 0 Å². The number of H-pyrrole nitrogens is 1. The highest BCUT2D eigenvalue weighted by atomic mass is 32.2. The molecule has 1 N–H and O–H groups in total. The van der Waals surface area contributed by atoms with Crippen molar-refractivity contribution in [2.24, 2.45) is 0 Å². The first-order valence-corrected chi connectivity index (χ1v) is 7.16. The summed E-state index contributed by atoms with van der Waals surface area (Å²) in [7, 11) is 0. The number of rotatable bonds is 4. The third kappa shape index (κ3) is 2.34. The fourth-order valence-electron chi connectivity index (χ4n) is 1.97. The Balaban J connectivity index is 1.81. The number of thioether (sulfide) groups is 1. The van der Waals surface area contributed by atoms with Gasteiger partial charge in [0.15, 0.2) is 5.16 Å². The predicted octanol–water partition coefficient (Wildman–Crippen LogP) is 2.21. The molecule has 20 heavy (non-hydrogen) atoms. The van der Waals surface area contributed by atoms with E-state index in [4.69, 9.17) is 5.26 Å². The van der Waals surface area contributed by atoms with Gasteiger partial charge in [-0.1, -0.05) is 23.9 Å². The van der Waals surface area contributed by atoms with Crippen LogP contribution in [-0.2, 0) is 5.75 Å². The molecule has 7 heteroatoms. The average molecular weight is 290 g/mol. The molecule has 3 rings (SSSR count). The van der Waals surface area contributed by atoms with Gasteiger partial charge in [-0.05, 0) is 24.5 Å². The van der Waals surface area contributed by atoms with E-state index in [-0.39, 0.29) is 17.3 Å². The highest BCUT2D eigenvalue weighted by Crippen LogP contribution is 2.36. The highest BCUT2D eigenvalue weighted by molar-refractivity contribution is 7.98. The number of benzene rings is 1. The number of nitrogens with one attached hydrogen (secondary N) is 1. The minimum absolute atomic E-state index is 0.0321. The summed E-state index contributed by atoms with van der Waals surface area (Å²) in [6.07, 6.45) is 1.95. The summed E-state index contributed by atoms with van der Waals surface area (Å²) in [4.78, 5) is 11.6. The van der Waals surface area contributed by atoms with Crippen LogP contribution < -0.4 is 5.69 Å². The molecule has 5 nitrogen and oxygen atoms in total. The molecule has 1 fully saturated rings. The molecule has 2 aromatic rings. The minimum Gasteiger partial charge on any atom is -0.267 e. The van der Waals surface area contributed by atoms with Crippen LogP contribution in [-0.4, -0.2) is 14.8 Å². The molecule has 1 aromatic carbocycles. The van der Waals surface area contributed by atoms with Gasteiger partial charge < -0.3 is 0 Å². The highest BCUT2D eigenvalue weighted by Gasteiger charge is 2.28. The Morgan fingerprint density at radius 2 is 2.35 bits per heavy atom. The number of aromatic nitrogens is 3. The van der Waals surface area contributed by atoms with E-state index in [2.05, 4.69) is 10.2 Å². The van der Waals surface area contributed by atoms with Crippen LogP contribution in [0.15, 0.2) is 28.2 Å². The Hall–Kier alpha value is -2.07. The van der Waals surface area contributed by atoms with Gasteiger partial charge in [0.05, 0.1) is 5.56 Å². The molecule has 1 aromatic heterocycles. The third-order valence-electron chi connectivity index (χ3n) is 3.14. The van der Waals surface area contributed by atoms with E-state index in [1.54, 1.807) is 16.7 Å². The first-order chi connectivity index (χ1) is 9.70. The molecule has 0 atom stereocenters. The van der Waals surface area contributed by atoms with Gasteiger partial charge in [-0.15, -0.1) is 5.10 Å². The largest absolute Gasteiger partial charge is 0.344 e. The Morgan fingerprint density at radius 3 is 3.05 bits per heavy atom. The van der Waals surface area contributed by atoms with Crippen molar-refractivity contribution in [3.8, 4) is 6.07 Å². The molecule has 0 spiro atoms. The summed E-state index contributed by atoms with van der Waals surface area (Å²) in [6.45, 7) is 0. The minimum atomic E-state index is -0.502. The molecule has 102 valence electrons. The maximum atomic E-state index is 13.9. The Labute approximate surface area is 118 Å². The maximum absolute atomic E-state index is 13.9. The lowest BCUT2D eigenvalue weighted by molar-refractivity contribution is 0.612.